The highest BCUT2D eigenvalue weighted by molar-refractivity contribution is 9.09. The average molecular weight is 289 g/mol. The molecule has 0 spiro atoms. The highest BCUT2D eigenvalue weighted by Gasteiger charge is 2.30. The van der Waals surface area contributed by atoms with E-state index < -0.39 is 11.6 Å². The molecule has 0 aliphatic heterocycles. The van der Waals surface area contributed by atoms with Crippen LogP contribution in [-0.2, 0) is 0 Å². The zero-order valence-corrected chi connectivity index (χ0v) is 10.8. The maximum atomic E-state index is 13.1. The molecule has 0 bridgehead atoms. The van der Waals surface area contributed by atoms with Crippen molar-refractivity contribution < 1.29 is 8.78 Å². The van der Waals surface area contributed by atoms with Crippen LogP contribution in [0.1, 0.15) is 36.6 Å². The van der Waals surface area contributed by atoms with Crippen molar-refractivity contribution in [1.29, 1.82) is 0 Å². The van der Waals surface area contributed by atoms with Gasteiger partial charge in [-0.05, 0) is 36.0 Å². The minimum Gasteiger partial charge on any atom is -0.204 e. The third kappa shape index (κ3) is 2.29. The Morgan fingerprint density at radius 2 is 2.00 bits per heavy atom. The zero-order chi connectivity index (χ0) is 11.7. The maximum Gasteiger partial charge on any atom is 0.159 e. The van der Waals surface area contributed by atoms with Crippen LogP contribution >= 0.6 is 15.9 Å². The van der Waals surface area contributed by atoms with Gasteiger partial charge in [-0.15, -0.1) is 0 Å². The predicted octanol–water partition coefficient (Wildman–Crippen LogP) is 4.84. The zero-order valence-electron chi connectivity index (χ0n) is 9.22. The summed E-state index contributed by atoms with van der Waals surface area (Å²) in [7, 11) is 0. The van der Waals surface area contributed by atoms with E-state index in [1.54, 1.807) is 6.07 Å². The fourth-order valence-electron chi connectivity index (χ4n) is 2.54. The number of hydrogen-bond acceptors (Lipinski definition) is 0. The second-order valence-corrected chi connectivity index (χ2v) is 5.63. The van der Waals surface area contributed by atoms with Crippen molar-refractivity contribution in [3.05, 3.63) is 35.4 Å². The van der Waals surface area contributed by atoms with E-state index in [1.165, 1.54) is 25.0 Å². The molecular weight excluding hydrogens is 274 g/mol. The first kappa shape index (κ1) is 12.0. The summed E-state index contributed by atoms with van der Waals surface area (Å²) in [5.74, 6) is -0.349. The molecule has 0 amide bonds. The molecule has 0 N–H and O–H groups in total. The highest BCUT2D eigenvalue weighted by Crippen LogP contribution is 2.44. The third-order valence-electron chi connectivity index (χ3n) is 3.57. The monoisotopic (exact) mass is 288 g/mol. The van der Waals surface area contributed by atoms with Crippen molar-refractivity contribution in [3.8, 4) is 0 Å². The van der Waals surface area contributed by atoms with E-state index in [4.69, 9.17) is 0 Å². The summed E-state index contributed by atoms with van der Waals surface area (Å²) in [6, 6.07) is 4.18. The molecule has 0 saturated heterocycles. The molecular formula is C13H15BrF2. The van der Waals surface area contributed by atoms with E-state index >= 15 is 0 Å². The van der Waals surface area contributed by atoms with Crippen LogP contribution in [0, 0.1) is 23.5 Å². The largest absolute Gasteiger partial charge is 0.204 e. The van der Waals surface area contributed by atoms with Gasteiger partial charge in [0.2, 0.25) is 0 Å². The molecule has 88 valence electrons. The summed E-state index contributed by atoms with van der Waals surface area (Å²) in [6.07, 6.45) is 3.63. The Labute approximate surface area is 103 Å². The van der Waals surface area contributed by atoms with Gasteiger partial charge >= 0.3 is 0 Å². The van der Waals surface area contributed by atoms with E-state index in [0.717, 1.165) is 12.0 Å². The molecule has 2 rings (SSSR count). The van der Waals surface area contributed by atoms with Gasteiger partial charge in [0, 0.05) is 4.83 Å². The van der Waals surface area contributed by atoms with E-state index in [1.807, 2.05) is 0 Å². The molecule has 1 aromatic carbocycles. The van der Waals surface area contributed by atoms with Crippen LogP contribution in [0.25, 0.3) is 0 Å². The Morgan fingerprint density at radius 3 is 2.56 bits per heavy atom. The number of halogens is 3. The van der Waals surface area contributed by atoms with Crippen LogP contribution in [0.15, 0.2) is 18.2 Å². The van der Waals surface area contributed by atoms with Crippen molar-refractivity contribution in [2.75, 3.05) is 0 Å². The second kappa shape index (κ2) is 4.82. The number of hydrogen-bond donors (Lipinski definition) is 0. The number of rotatable bonds is 2. The molecule has 3 unspecified atom stereocenters. The smallest absolute Gasteiger partial charge is 0.159 e. The molecule has 0 aromatic heterocycles. The van der Waals surface area contributed by atoms with Crippen molar-refractivity contribution in [2.45, 2.75) is 31.0 Å². The predicted molar refractivity (Wildman–Crippen MR) is 64.5 cm³/mol. The lowest BCUT2D eigenvalue weighted by Crippen LogP contribution is -2.10. The van der Waals surface area contributed by atoms with E-state index in [0.29, 0.717) is 11.8 Å². The number of alkyl halides is 1. The van der Waals surface area contributed by atoms with Gasteiger partial charge in [-0.25, -0.2) is 8.78 Å². The van der Waals surface area contributed by atoms with Gasteiger partial charge in [0.15, 0.2) is 11.6 Å². The lowest BCUT2D eigenvalue weighted by atomic mass is 9.91. The van der Waals surface area contributed by atoms with Crippen molar-refractivity contribution in [1.82, 2.24) is 0 Å². The lowest BCUT2D eigenvalue weighted by Gasteiger charge is -2.22. The minimum atomic E-state index is -0.775. The van der Waals surface area contributed by atoms with Crippen molar-refractivity contribution >= 4 is 15.9 Å². The molecule has 0 nitrogen and oxygen atoms in total. The van der Waals surface area contributed by atoms with Crippen LogP contribution < -0.4 is 0 Å². The summed E-state index contributed by atoms with van der Waals surface area (Å²) in [5, 5.41) is 0. The molecule has 3 heteroatoms. The Hall–Kier alpha value is -0.440. The van der Waals surface area contributed by atoms with Gasteiger partial charge in [0.25, 0.3) is 0 Å². The molecule has 16 heavy (non-hydrogen) atoms. The average Bonchev–Trinajstić information content (AvgIpc) is 2.67. The maximum absolute atomic E-state index is 13.1. The quantitative estimate of drug-likeness (QED) is 0.684. The lowest BCUT2D eigenvalue weighted by molar-refractivity contribution is 0.412. The van der Waals surface area contributed by atoms with E-state index in [2.05, 4.69) is 22.9 Å². The van der Waals surface area contributed by atoms with Gasteiger partial charge in [-0.1, -0.05) is 41.8 Å². The van der Waals surface area contributed by atoms with Crippen LogP contribution in [0.2, 0.25) is 0 Å². The molecule has 0 radical (unpaired) electrons. The molecule has 0 heterocycles. The standard InChI is InChI=1S/C13H15BrF2/c1-8-3-2-4-10(8)13(14)9-5-6-11(15)12(16)7-9/h5-8,10,13H,2-4H2,1H3. The Kier molecular flexibility index (Phi) is 3.63. The van der Waals surface area contributed by atoms with Crippen LogP contribution in [0.3, 0.4) is 0 Å². The van der Waals surface area contributed by atoms with Crippen molar-refractivity contribution in [2.24, 2.45) is 11.8 Å². The molecule has 1 aliphatic carbocycles. The Bertz CT molecular complexity index is 378. The Morgan fingerprint density at radius 1 is 1.25 bits per heavy atom. The van der Waals surface area contributed by atoms with Crippen LogP contribution in [0.5, 0.6) is 0 Å². The minimum absolute atomic E-state index is 0.139. The molecule has 1 aromatic rings. The van der Waals surface area contributed by atoms with Gasteiger partial charge in [0.05, 0.1) is 0 Å². The van der Waals surface area contributed by atoms with E-state index in [-0.39, 0.29) is 4.83 Å². The fourth-order valence-corrected chi connectivity index (χ4v) is 3.61. The Balaban J connectivity index is 2.20. The first-order valence-corrected chi connectivity index (χ1v) is 6.60. The van der Waals surface area contributed by atoms with Crippen LogP contribution in [-0.4, -0.2) is 0 Å². The summed E-state index contributed by atoms with van der Waals surface area (Å²) in [6.45, 7) is 2.23. The van der Waals surface area contributed by atoms with Gasteiger partial charge in [-0.3, -0.25) is 0 Å². The summed E-state index contributed by atoms with van der Waals surface area (Å²) in [4.78, 5) is 0.139. The molecule has 1 aliphatic rings. The van der Waals surface area contributed by atoms with Gasteiger partial charge < -0.3 is 0 Å². The molecule has 1 saturated carbocycles. The number of benzene rings is 1. The summed E-state index contributed by atoms with van der Waals surface area (Å²) >= 11 is 3.62. The molecule has 3 atom stereocenters. The van der Waals surface area contributed by atoms with Crippen molar-refractivity contribution in [3.63, 3.8) is 0 Å². The first-order chi connectivity index (χ1) is 7.59. The van der Waals surface area contributed by atoms with E-state index in [9.17, 15) is 8.78 Å². The summed E-state index contributed by atoms with van der Waals surface area (Å²) < 4.78 is 26.0. The van der Waals surface area contributed by atoms with Crippen LogP contribution in [0.4, 0.5) is 8.78 Å². The SMILES string of the molecule is CC1CCCC1C(Br)c1ccc(F)c(F)c1. The second-order valence-electron chi connectivity index (χ2n) is 4.65. The van der Waals surface area contributed by atoms with Gasteiger partial charge in [0.1, 0.15) is 0 Å². The molecule has 1 fully saturated rings. The topological polar surface area (TPSA) is 0 Å². The fraction of sp³-hybridized carbons (Fsp3) is 0.538. The highest BCUT2D eigenvalue weighted by atomic mass is 79.9. The summed E-state index contributed by atoms with van der Waals surface area (Å²) in [5.41, 5.74) is 0.845. The first-order valence-electron chi connectivity index (χ1n) is 5.68. The normalized spacial score (nSPS) is 27.0. The van der Waals surface area contributed by atoms with Gasteiger partial charge in [-0.2, -0.15) is 0 Å². The third-order valence-corrected chi connectivity index (χ3v) is 4.77.